The fourth-order valence-electron chi connectivity index (χ4n) is 2.03. The van der Waals surface area contributed by atoms with Gasteiger partial charge in [-0.3, -0.25) is 4.90 Å². The fraction of sp³-hybridized carbons (Fsp3) is 0.714. The number of rotatable bonds is 9. The van der Waals surface area contributed by atoms with E-state index in [9.17, 15) is 0 Å². The van der Waals surface area contributed by atoms with E-state index in [-0.39, 0.29) is 0 Å². The number of methoxy groups -OCH3 is 1. The van der Waals surface area contributed by atoms with Crippen LogP contribution in [0.25, 0.3) is 0 Å². The van der Waals surface area contributed by atoms with Crippen molar-refractivity contribution in [1.82, 2.24) is 10.2 Å². The second kappa shape index (κ2) is 8.64. The maximum absolute atomic E-state index is 5.04. The summed E-state index contributed by atoms with van der Waals surface area (Å²) in [5, 5.41) is 5.59. The maximum atomic E-state index is 5.04. The smallest absolute Gasteiger partial charge is 0.0587 e. The number of thiophene rings is 1. The van der Waals surface area contributed by atoms with Crippen molar-refractivity contribution >= 4 is 11.3 Å². The van der Waals surface area contributed by atoms with Gasteiger partial charge in [-0.2, -0.15) is 0 Å². The summed E-state index contributed by atoms with van der Waals surface area (Å²) in [6.07, 6.45) is 0. The van der Waals surface area contributed by atoms with Gasteiger partial charge in [0.05, 0.1) is 6.61 Å². The highest BCUT2D eigenvalue weighted by Gasteiger charge is 2.17. The van der Waals surface area contributed by atoms with Gasteiger partial charge in [0.2, 0.25) is 0 Å². The molecule has 18 heavy (non-hydrogen) atoms. The molecule has 4 heteroatoms. The number of hydrogen-bond donors (Lipinski definition) is 1. The Bertz CT molecular complexity index is 301. The average Bonchev–Trinajstić information content (AvgIpc) is 2.84. The molecule has 1 atom stereocenters. The van der Waals surface area contributed by atoms with Crippen molar-refractivity contribution in [2.45, 2.75) is 39.4 Å². The molecule has 0 spiro atoms. The van der Waals surface area contributed by atoms with E-state index in [0.29, 0.717) is 12.1 Å². The molecule has 0 saturated carbocycles. The van der Waals surface area contributed by atoms with E-state index in [1.807, 2.05) is 11.3 Å². The van der Waals surface area contributed by atoms with Gasteiger partial charge in [0.15, 0.2) is 0 Å². The predicted octanol–water partition coefficient (Wildman–Crippen LogP) is 2.58. The van der Waals surface area contributed by atoms with Gasteiger partial charge >= 0.3 is 0 Å². The molecule has 0 bridgehead atoms. The van der Waals surface area contributed by atoms with Crippen LogP contribution >= 0.6 is 11.3 Å². The quantitative estimate of drug-likeness (QED) is 0.698. The zero-order chi connectivity index (χ0) is 13.4. The summed E-state index contributed by atoms with van der Waals surface area (Å²) in [4.78, 5) is 3.97. The first-order valence-corrected chi connectivity index (χ1v) is 7.51. The molecule has 3 nitrogen and oxygen atoms in total. The third-order valence-electron chi connectivity index (χ3n) is 3.07. The topological polar surface area (TPSA) is 24.5 Å². The van der Waals surface area contributed by atoms with E-state index < -0.39 is 0 Å². The van der Waals surface area contributed by atoms with Gasteiger partial charge in [0.1, 0.15) is 0 Å². The number of ether oxygens (including phenoxy) is 1. The van der Waals surface area contributed by atoms with E-state index in [1.165, 1.54) is 4.88 Å². The van der Waals surface area contributed by atoms with Crippen molar-refractivity contribution in [2.24, 2.45) is 0 Å². The molecular weight excluding hydrogens is 244 g/mol. The van der Waals surface area contributed by atoms with E-state index in [1.54, 1.807) is 7.11 Å². The standard InChI is InChI=1S/C14H26N2OS/c1-12(2)16(11-14-6-5-9-18-14)13(3)10-15-7-8-17-4/h5-6,9,12-13,15H,7-8,10-11H2,1-4H3. The predicted molar refractivity (Wildman–Crippen MR) is 79.2 cm³/mol. The van der Waals surface area contributed by atoms with Crippen LogP contribution < -0.4 is 5.32 Å². The molecule has 1 N–H and O–H groups in total. The van der Waals surface area contributed by atoms with Crippen molar-refractivity contribution in [1.29, 1.82) is 0 Å². The van der Waals surface area contributed by atoms with Gasteiger partial charge in [-0.05, 0) is 32.2 Å². The Kier molecular flexibility index (Phi) is 7.51. The van der Waals surface area contributed by atoms with E-state index in [2.05, 4.69) is 48.5 Å². The number of hydrogen-bond acceptors (Lipinski definition) is 4. The lowest BCUT2D eigenvalue weighted by Crippen LogP contribution is -2.44. The summed E-state index contributed by atoms with van der Waals surface area (Å²) in [5.41, 5.74) is 0. The van der Waals surface area contributed by atoms with Gasteiger partial charge in [-0.1, -0.05) is 6.07 Å². The molecule has 1 aromatic heterocycles. The van der Waals surface area contributed by atoms with Crippen molar-refractivity contribution in [3.05, 3.63) is 22.4 Å². The second-order valence-corrected chi connectivity index (χ2v) is 5.92. The first kappa shape index (κ1) is 15.6. The molecule has 0 radical (unpaired) electrons. The molecule has 0 aliphatic rings. The molecule has 0 aromatic carbocycles. The van der Waals surface area contributed by atoms with Gasteiger partial charge in [0, 0.05) is 43.7 Å². The third kappa shape index (κ3) is 5.48. The highest BCUT2D eigenvalue weighted by Crippen LogP contribution is 2.16. The van der Waals surface area contributed by atoms with Gasteiger partial charge in [-0.25, -0.2) is 0 Å². The van der Waals surface area contributed by atoms with Crippen LogP contribution in [0.15, 0.2) is 17.5 Å². The summed E-state index contributed by atoms with van der Waals surface area (Å²) in [6.45, 7) is 10.6. The molecule has 1 unspecified atom stereocenters. The highest BCUT2D eigenvalue weighted by atomic mass is 32.1. The van der Waals surface area contributed by atoms with E-state index in [0.717, 1.165) is 26.2 Å². The molecule has 1 rings (SSSR count). The minimum absolute atomic E-state index is 0.531. The van der Waals surface area contributed by atoms with Crippen LogP contribution in [0.3, 0.4) is 0 Å². The summed E-state index contributed by atoms with van der Waals surface area (Å²) in [6, 6.07) is 5.43. The SMILES string of the molecule is COCCNCC(C)N(Cc1cccs1)C(C)C. The molecular formula is C14H26N2OS. The zero-order valence-corrected chi connectivity index (χ0v) is 12.8. The van der Waals surface area contributed by atoms with Crippen molar-refractivity contribution in [2.75, 3.05) is 26.8 Å². The number of nitrogens with zero attached hydrogens (tertiary/aromatic N) is 1. The Labute approximate surface area is 115 Å². The molecule has 1 heterocycles. The lowest BCUT2D eigenvalue weighted by molar-refractivity contribution is 0.148. The molecule has 0 aliphatic carbocycles. The van der Waals surface area contributed by atoms with Crippen LogP contribution in [0.2, 0.25) is 0 Å². The Morgan fingerprint density at radius 1 is 1.39 bits per heavy atom. The van der Waals surface area contributed by atoms with Gasteiger partial charge in [0.25, 0.3) is 0 Å². The Morgan fingerprint density at radius 2 is 2.17 bits per heavy atom. The largest absolute Gasteiger partial charge is 0.383 e. The molecule has 1 aromatic rings. The second-order valence-electron chi connectivity index (χ2n) is 4.89. The maximum Gasteiger partial charge on any atom is 0.0587 e. The molecule has 0 fully saturated rings. The molecule has 0 aliphatic heterocycles. The molecule has 0 amide bonds. The van der Waals surface area contributed by atoms with Crippen LogP contribution in [-0.2, 0) is 11.3 Å². The molecule has 104 valence electrons. The van der Waals surface area contributed by atoms with E-state index >= 15 is 0 Å². The van der Waals surface area contributed by atoms with Crippen LogP contribution in [0.1, 0.15) is 25.6 Å². The van der Waals surface area contributed by atoms with Crippen LogP contribution in [0, 0.1) is 0 Å². The minimum atomic E-state index is 0.531. The Balaban J connectivity index is 2.40. The molecule has 0 saturated heterocycles. The van der Waals surface area contributed by atoms with Crippen molar-refractivity contribution in [3.8, 4) is 0 Å². The third-order valence-corrected chi connectivity index (χ3v) is 3.93. The highest BCUT2D eigenvalue weighted by molar-refractivity contribution is 7.09. The number of nitrogens with one attached hydrogen (secondary N) is 1. The van der Waals surface area contributed by atoms with Crippen molar-refractivity contribution in [3.63, 3.8) is 0 Å². The lowest BCUT2D eigenvalue weighted by Gasteiger charge is -2.32. The minimum Gasteiger partial charge on any atom is -0.383 e. The average molecular weight is 270 g/mol. The van der Waals surface area contributed by atoms with Crippen molar-refractivity contribution < 1.29 is 4.74 Å². The zero-order valence-electron chi connectivity index (χ0n) is 12.0. The summed E-state index contributed by atoms with van der Waals surface area (Å²) >= 11 is 1.84. The first-order valence-electron chi connectivity index (χ1n) is 6.63. The monoisotopic (exact) mass is 270 g/mol. The Morgan fingerprint density at radius 3 is 2.72 bits per heavy atom. The van der Waals surface area contributed by atoms with Gasteiger partial charge in [-0.15, -0.1) is 11.3 Å². The fourth-order valence-corrected chi connectivity index (χ4v) is 2.74. The lowest BCUT2D eigenvalue weighted by atomic mass is 10.2. The van der Waals surface area contributed by atoms with Gasteiger partial charge < -0.3 is 10.1 Å². The van der Waals surface area contributed by atoms with Crippen LogP contribution in [0.4, 0.5) is 0 Å². The summed E-state index contributed by atoms with van der Waals surface area (Å²) in [7, 11) is 1.74. The van der Waals surface area contributed by atoms with E-state index in [4.69, 9.17) is 4.74 Å². The normalized spacial score (nSPS) is 13.4. The first-order chi connectivity index (χ1) is 8.65. The van der Waals surface area contributed by atoms with Crippen LogP contribution in [0.5, 0.6) is 0 Å². The summed E-state index contributed by atoms with van der Waals surface area (Å²) < 4.78 is 5.04. The summed E-state index contributed by atoms with van der Waals surface area (Å²) in [5.74, 6) is 0. The Hall–Kier alpha value is -0.420. The van der Waals surface area contributed by atoms with Crippen LogP contribution in [-0.4, -0.2) is 43.8 Å².